The molecule has 20 heavy (non-hydrogen) atoms. The van der Waals surface area contributed by atoms with Gasteiger partial charge in [-0.15, -0.1) is 0 Å². The van der Waals surface area contributed by atoms with Gasteiger partial charge < -0.3 is 10.1 Å². The van der Waals surface area contributed by atoms with E-state index in [1.807, 2.05) is 0 Å². The molecule has 0 bridgehead atoms. The summed E-state index contributed by atoms with van der Waals surface area (Å²) in [4.78, 5) is 14.5. The topological polar surface area (TPSA) is 77.3 Å². The van der Waals surface area contributed by atoms with Crippen LogP contribution in [0.5, 0.6) is 5.75 Å². The number of hydrogen-bond donors (Lipinski definition) is 1. The lowest BCUT2D eigenvalue weighted by molar-refractivity contribution is -0.384. The summed E-state index contributed by atoms with van der Waals surface area (Å²) in [6, 6.07) is 6.32. The number of ether oxygens (including phenoxy) is 1. The van der Waals surface area contributed by atoms with Crippen LogP contribution in [-0.4, -0.2) is 17.0 Å². The summed E-state index contributed by atoms with van der Waals surface area (Å²) in [5.41, 5.74) is 0.456. The van der Waals surface area contributed by atoms with Crippen LogP contribution in [0.15, 0.2) is 34.9 Å². The summed E-state index contributed by atoms with van der Waals surface area (Å²) in [6.45, 7) is 0. The second-order valence-electron chi connectivity index (χ2n) is 3.75. The summed E-state index contributed by atoms with van der Waals surface area (Å²) in [5, 5.41) is 14.3. The van der Waals surface area contributed by atoms with Crippen molar-refractivity contribution < 1.29 is 9.66 Å². The van der Waals surface area contributed by atoms with E-state index < -0.39 is 4.92 Å². The average molecular weight is 359 g/mol. The third-order valence-electron chi connectivity index (χ3n) is 2.44. The Hall–Kier alpha value is -1.86. The Morgan fingerprint density at radius 1 is 1.45 bits per heavy atom. The van der Waals surface area contributed by atoms with Crippen LogP contribution in [0.2, 0.25) is 5.02 Å². The van der Waals surface area contributed by atoms with Gasteiger partial charge in [0.1, 0.15) is 5.75 Å². The molecule has 0 aliphatic rings. The van der Waals surface area contributed by atoms with E-state index in [1.54, 1.807) is 18.2 Å². The molecule has 0 unspecified atom stereocenters. The van der Waals surface area contributed by atoms with Gasteiger partial charge in [0, 0.05) is 28.5 Å². The summed E-state index contributed by atoms with van der Waals surface area (Å²) in [5.74, 6) is 0.610. The van der Waals surface area contributed by atoms with Gasteiger partial charge in [0.15, 0.2) is 0 Å². The molecule has 8 heteroatoms. The molecule has 6 nitrogen and oxygen atoms in total. The van der Waals surface area contributed by atoms with Crippen molar-refractivity contribution >= 4 is 44.7 Å². The normalized spacial score (nSPS) is 10.2. The van der Waals surface area contributed by atoms with E-state index in [9.17, 15) is 10.1 Å². The second kappa shape index (κ2) is 6.06. The van der Waals surface area contributed by atoms with E-state index in [0.717, 1.165) is 0 Å². The lowest BCUT2D eigenvalue weighted by Crippen LogP contribution is -2.00. The Morgan fingerprint density at radius 3 is 2.85 bits per heavy atom. The summed E-state index contributed by atoms with van der Waals surface area (Å²) in [7, 11) is 1.49. The van der Waals surface area contributed by atoms with Gasteiger partial charge in [-0.3, -0.25) is 10.1 Å². The first-order valence-corrected chi connectivity index (χ1v) is 6.59. The van der Waals surface area contributed by atoms with Gasteiger partial charge in [-0.1, -0.05) is 11.6 Å². The Balaban J connectivity index is 2.37. The van der Waals surface area contributed by atoms with Crippen LogP contribution in [0.3, 0.4) is 0 Å². The summed E-state index contributed by atoms with van der Waals surface area (Å²) < 4.78 is 5.62. The second-order valence-corrected chi connectivity index (χ2v) is 5.08. The number of methoxy groups -OCH3 is 1. The van der Waals surface area contributed by atoms with Gasteiger partial charge in [-0.2, -0.15) is 0 Å². The van der Waals surface area contributed by atoms with Crippen molar-refractivity contribution in [2.24, 2.45) is 0 Å². The minimum atomic E-state index is -0.507. The number of halogens is 2. The molecule has 1 heterocycles. The van der Waals surface area contributed by atoms with E-state index in [0.29, 0.717) is 20.9 Å². The Morgan fingerprint density at radius 2 is 2.20 bits per heavy atom. The molecule has 2 aromatic rings. The first kappa shape index (κ1) is 14.5. The molecule has 0 spiro atoms. The van der Waals surface area contributed by atoms with Crippen LogP contribution >= 0.6 is 27.5 Å². The molecule has 0 amide bonds. The van der Waals surface area contributed by atoms with Crippen LogP contribution in [0.4, 0.5) is 17.2 Å². The predicted molar refractivity (Wildman–Crippen MR) is 79.9 cm³/mol. The zero-order valence-electron chi connectivity index (χ0n) is 10.3. The molecule has 0 aliphatic carbocycles. The zero-order chi connectivity index (χ0) is 14.7. The highest BCUT2D eigenvalue weighted by molar-refractivity contribution is 9.10. The number of benzene rings is 1. The lowest BCUT2D eigenvalue weighted by Gasteiger charge is -2.09. The van der Waals surface area contributed by atoms with Gasteiger partial charge >= 0.3 is 5.69 Å². The van der Waals surface area contributed by atoms with Crippen LogP contribution in [0.25, 0.3) is 0 Å². The van der Waals surface area contributed by atoms with Gasteiger partial charge in [0.2, 0.25) is 5.82 Å². The fourth-order valence-corrected chi connectivity index (χ4v) is 2.05. The maximum absolute atomic E-state index is 11.0. The SMILES string of the molecule is COc1cc(Nc2ncc(Br)cc2[N+](=O)[O-])ccc1Cl. The molecule has 0 saturated heterocycles. The van der Waals surface area contributed by atoms with Gasteiger partial charge in [0.05, 0.1) is 17.1 Å². The number of anilines is 2. The Labute approximate surface area is 128 Å². The van der Waals surface area contributed by atoms with Gasteiger partial charge in [-0.25, -0.2) is 4.98 Å². The van der Waals surface area contributed by atoms with Crippen molar-refractivity contribution in [2.45, 2.75) is 0 Å². The minimum absolute atomic E-state index is 0.131. The number of rotatable bonds is 4. The number of pyridine rings is 1. The van der Waals surface area contributed by atoms with E-state index >= 15 is 0 Å². The fourth-order valence-electron chi connectivity index (χ4n) is 1.54. The van der Waals surface area contributed by atoms with Crippen molar-refractivity contribution in [3.05, 3.63) is 50.1 Å². The highest BCUT2D eigenvalue weighted by atomic mass is 79.9. The van der Waals surface area contributed by atoms with E-state index in [1.165, 1.54) is 19.4 Å². The molecule has 1 aromatic heterocycles. The first-order chi connectivity index (χ1) is 9.51. The predicted octanol–water partition coefficient (Wildman–Crippen LogP) is 4.16. The van der Waals surface area contributed by atoms with E-state index in [2.05, 4.69) is 26.2 Å². The number of nitro groups is 1. The minimum Gasteiger partial charge on any atom is -0.495 e. The molecular weight excluding hydrogens is 350 g/mol. The third-order valence-corrected chi connectivity index (χ3v) is 3.19. The quantitative estimate of drug-likeness (QED) is 0.656. The molecule has 1 aromatic carbocycles. The fraction of sp³-hybridized carbons (Fsp3) is 0.0833. The Kier molecular flexibility index (Phi) is 4.41. The zero-order valence-corrected chi connectivity index (χ0v) is 12.6. The number of nitrogens with one attached hydrogen (secondary N) is 1. The molecule has 0 radical (unpaired) electrons. The van der Waals surface area contributed by atoms with Crippen molar-refractivity contribution in [2.75, 3.05) is 12.4 Å². The largest absolute Gasteiger partial charge is 0.495 e. The van der Waals surface area contributed by atoms with Crippen molar-refractivity contribution in [3.63, 3.8) is 0 Å². The van der Waals surface area contributed by atoms with E-state index in [4.69, 9.17) is 16.3 Å². The van der Waals surface area contributed by atoms with Crippen LogP contribution in [-0.2, 0) is 0 Å². The van der Waals surface area contributed by atoms with Crippen molar-refractivity contribution in [3.8, 4) is 5.75 Å². The molecule has 0 saturated carbocycles. The van der Waals surface area contributed by atoms with Crippen LogP contribution in [0, 0.1) is 10.1 Å². The number of hydrogen-bond acceptors (Lipinski definition) is 5. The third kappa shape index (κ3) is 3.17. The highest BCUT2D eigenvalue weighted by Crippen LogP contribution is 2.32. The van der Waals surface area contributed by atoms with E-state index in [-0.39, 0.29) is 11.5 Å². The lowest BCUT2D eigenvalue weighted by atomic mass is 10.3. The highest BCUT2D eigenvalue weighted by Gasteiger charge is 2.16. The number of nitrogens with zero attached hydrogens (tertiary/aromatic N) is 2. The van der Waals surface area contributed by atoms with Crippen LogP contribution < -0.4 is 10.1 Å². The maximum atomic E-state index is 11.0. The summed E-state index contributed by atoms with van der Waals surface area (Å²) >= 11 is 9.07. The molecule has 104 valence electrons. The number of aromatic nitrogens is 1. The standard InChI is InChI=1S/C12H9BrClN3O3/c1-20-11-5-8(2-3-9(11)14)16-12-10(17(18)19)4-7(13)6-15-12/h2-6H,1H3,(H,15,16). The molecule has 0 atom stereocenters. The van der Waals surface area contributed by atoms with Gasteiger partial charge in [0.25, 0.3) is 0 Å². The molecular formula is C12H9BrClN3O3. The van der Waals surface area contributed by atoms with Gasteiger partial charge in [-0.05, 0) is 28.1 Å². The van der Waals surface area contributed by atoms with Crippen molar-refractivity contribution in [1.82, 2.24) is 4.98 Å². The van der Waals surface area contributed by atoms with Crippen molar-refractivity contribution in [1.29, 1.82) is 0 Å². The Bertz CT molecular complexity index is 666. The first-order valence-electron chi connectivity index (χ1n) is 5.41. The summed E-state index contributed by atoms with van der Waals surface area (Å²) in [6.07, 6.45) is 1.47. The van der Waals surface area contributed by atoms with Crippen LogP contribution in [0.1, 0.15) is 0 Å². The monoisotopic (exact) mass is 357 g/mol. The maximum Gasteiger partial charge on any atom is 0.312 e. The molecule has 2 rings (SSSR count). The molecule has 0 aliphatic heterocycles. The molecule has 1 N–H and O–H groups in total. The molecule has 0 fully saturated rings. The smallest absolute Gasteiger partial charge is 0.312 e. The average Bonchev–Trinajstić information content (AvgIpc) is 2.42.